The van der Waals surface area contributed by atoms with Crippen LogP contribution in [0.3, 0.4) is 0 Å². The molecule has 34 heavy (non-hydrogen) atoms. The molecule has 180 valence electrons. The summed E-state index contributed by atoms with van der Waals surface area (Å²) in [4.78, 5) is 2.44. The zero-order valence-electron chi connectivity index (χ0n) is 20.7. The molecule has 0 atom stereocenters. The summed E-state index contributed by atoms with van der Waals surface area (Å²) in [5, 5.41) is 8.85. The largest absolute Gasteiger partial charge is 0.496 e. The lowest BCUT2D eigenvalue weighted by Gasteiger charge is -2.35. The van der Waals surface area contributed by atoms with Gasteiger partial charge < -0.3 is 9.64 Å². The lowest BCUT2D eigenvalue weighted by Crippen LogP contribution is -2.49. The Hall–Kier alpha value is -2.97. The van der Waals surface area contributed by atoms with Crippen LogP contribution in [0.25, 0.3) is 11.3 Å². The minimum Gasteiger partial charge on any atom is -0.496 e. The van der Waals surface area contributed by atoms with Crippen molar-refractivity contribution >= 4 is 15.8 Å². The summed E-state index contributed by atoms with van der Waals surface area (Å²) in [7, 11) is -1.99. The van der Waals surface area contributed by atoms with Crippen molar-refractivity contribution in [3.8, 4) is 17.0 Å². The third-order valence-corrected chi connectivity index (χ3v) is 8.84. The van der Waals surface area contributed by atoms with Gasteiger partial charge in [0.2, 0.25) is 10.0 Å². The van der Waals surface area contributed by atoms with Gasteiger partial charge in [-0.2, -0.15) is 4.31 Å². The van der Waals surface area contributed by atoms with Gasteiger partial charge in [-0.25, -0.2) is 8.42 Å². The van der Waals surface area contributed by atoms with Crippen LogP contribution in [-0.2, 0) is 10.0 Å². The maximum Gasteiger partial charge on any atom is 0.243 e. The lowest BCUT2D eigenvalue weighted by molar-refractivity contribution is 0.382. The molecule has 0 aliphatic carbocycles. The van der Waals surface area contributed by atoms with Crippen molar-refractivity contribution in [2.45, 2.75) is 39.5 Å². The van der Waals surface area contributed by atoms with Gasteiger partial charge in [0.05, 0.1) is 17.7 Å². The Morgan fingerprint density at radius 3 is 2.09 bits per heavy atom. The Morgan fingerprint density at radius 1 is 0.794 bits per heavy atom. The normalized spacial score (nSPS) is 14.9. The Kier molecular flexibility index (Phi) is 6.64. The van der Waals surface area contributed by atoms with Gasteiger partial charge in [0, 0.05) is 31.7 Å². The predicted octanol–water partition coefficient (Wildman–Crippen LogP) is 4.21. The number of hydrogen-bond acceptors (Lipinski definition) is 6. The molecule has 2 aromatic carbocycles. The van der Waals surface area contributed by atoms with E-state index in [9.17, 15) is 8.42 Å². The fourth-order valence-electron chi connectivity index (χ4n) is 4.45. The molecule has 2 heterocycles. The van der Waals surface area contributed by atoms with Crippen LogP contribution in [0.2, 0.25) is 0 Å². The van der Waals surface area contributed by atoms with E-state index in [4.69, 9.17) is 4.74 Å². The standard InChI is InChI=1S/C26H32N4O3S/c1-17-7-8-22(15-18(17)2)23-9-10-25(28-27-23)29-11-13-30(14-12-29)34(31,32)24-16-19(3)26(33-6)21(5)20(24)4/h7-10,15-16H,11-14H2,1-6H3. The highest BCUT2D eigenvalue weighted by molar-refractivity contribution is 7.89. The molecule has 1 saturated heterocycles. The summed E-state index contributed by atoms with van der Waals surface area (Å²) in [5.41, 5.74) is 6.75. The second kappa shape index (κ2) is 9.35. The van der Waals surface area contributed by atoms with E-state index in [2.05, 4.69) is 47.1 Å². The number of hydrogen-bond donors (Lipinski definition) is 0. The van der Waals surface area contributed by atoms with Crippen molar-refractivity contribution in [2.75, 3.05) is 38.2 Å². The Morgan fingerprint density at radius 2 is 1.50 bits per heavy atom. The smallest absolute Gasteiger partial charge is 0.243 e. The van der Waals surface area contributed by atoms with E-state index in [0.29, 0.717) is 31.1 Å². The molecular formula is C26H32N4O3S. The van der Waals surface area contributed by atoms with Crippen LogP contribution in [0.15, 0.2) is 41.3 Å². The number of nitrogens with zero attached hydrogens (tertiary/aromatic N) is 4. The minimum absolute atomic E-state index is 0.356. The highest BCUT2D eigenvalue weighted by Gasteiger charge is 2.31. The van der Waals surface area contributed by atoms with E-state index in [-0.39, 0.29) is 0 Å². The maximum absolute atomic E-state index is 13.4. The van der Waals surface area contributed by atoms with Crippen LogP contribution >= 0.6 is 0 Å². The zero-order valence-corrected chi connectivity index (χ0v) is 21.5. The van der Waals surface area contributed by atoms with E-state index in [1.54, 1.807) is 17.5 Å². The fourth-order valence-corrected chi connectivity index (χ4v) is 6.24. The summed E-state index contributed by atoms with van der Waals surface area (Å²) in [6.45, 7) is 11.7. The number of rotatable bonds is 5. The first kappa shape index (κ1) is 24.2. The van der Waals surface area contributed by atoms with E-state index < -0.39 is 10.0 Å². The molecule has 1 aliphatic rings. The minimum atomic E-state index is -3.60. The first-order chi connectivity index (χ1) is 16.1. The van der Waals surface area contributed by atoms with Gasteiger partial charge >= 0.3 is 0 Å². The van der Waals surface area contributed by atoms with Crippen molar-refractivity contribution in [3.05, 3.63) is 64.2 Å². The second-order valence-electron chi connectivity index (χ2n) is 8.94. The molecule has 1 fully saturated rings. The van der Waals surface area contributed by atoms with E-state index in [0.717, 1.165) is 39.5 Å². The highest BCUT2D eigenvalue weighted by Crippen LogP contribution is 2.33. The van der Waals surface area contributed by atoms with Gasteiger partial charge in [-0.3, -0.25) is 0 Å². The van der Waals surface area contributed by atoms with Crippen molar-refractivity contribution in [2.24, 2.45) is 0 Å². The topological polar surface area (TPSA) is 75.6 Å². The molecule has 0 amide bonds. The summed E-state index contributed by atoms with van der Waals surface area (Å²) < 4.78 is 33.9. The zero-order chi connectivity index (χ0) is 24.6. The molecule has 0 N–H and O–H groups in total. The first-order valence-electron chi connectivity index (χ1n) is 11.4. The van der Waals surface area contributed by atoms with Crippen molar-refractivity contribution in [3.63, 3.8) is 0 Å². The maximum atomic E-state index is 13.4. The summed E-state index contributed by atoms with van der Waals surface area (Å²) in [5.74, 6) is 1.50. The van der Waals surface area contributed by atoms with Gasteiger partial charge in [0.25, 0.3) is 0 Å². The first-order valence-corrected chi connectivity index (χ1v) is 12.9. The van der Waals surface area contributed by atoms with Gasteiger partial charge in [-0.1, -0.05) is 12.1 Å². The number of ether oxygens (including phenoxy) is 1. The molecule has 8 heteroatoms. The predicted molar refractivity (Wildman–Crippen MR) is 135 cm³/mol. The number of sulfonamides is 1. The number of anilines is 1. The lowest BCUT2D eigenvalue weighted by atomic mass is 10.0. The van der Waals surface area contributed by atoms with Gasteiger partial charge in [0.15, 0.2) is 5.82 Å². The molecule has 7 nitrogen and oxygen atoms in total. The average molecular weight is 481 g/mol. The SMILES string of the molecule is COc1c(C)cc(S(=O)(=O)N2CCN(c3ccc(-c4ccc(C)c(C)c4)nn3)CC2)c(C)c1C. The number of aryl methyl sites for hydroxylation is 3. The molecular weight excluding hydrogens is 448 g/mol. The summed E-state index contributed by atoms with van der Waals surface area (Å²) in [6.07, 6.45) is 0. The van der Waals surface area contributed by atoms with E-state index >= 15 is 0 Å². The van der Waals surface area contributed by atoms with Crippen LogP contribution in [-0.4, -0.2) is 56.2 Å². The molecule has 0 unspecified atom stereocenters. The molecule has 0 radical (unpaired) electrons. The van der Waals surface area contributed by atoms with Gasteiger partial charge in [-0.05, 0) is 86.7 Å². The average Bonchev–Trinajstić information content (AvgIpc) is 2.83. The molecule has 4 rings (SSSR count). The van der Waals surface area contributed by atoms with E-state index in [1.807, 2.05) is 32.9 Å². The Bertz CT molecular complexity index is 1310. The number of aromatic nitrogens is 2. The molecule has 1 aliphatic heterocycles. The number of benzene rings is 2. The van der Waals surface area contributed by atoms with Gasteiger partial charge in [-0.15, -0.1) is 10.2 Å². The van der Waals surface area contributed by atoms with Crippen molar-refractivity contribution < 1.29 is 13.2 Å². The quantitative estimate of drug-likeness (QED) is 0.545. The second-order valence-corrected chi connectivity index (χ2v) is 10.8. The van der Waals surface area contributed by atoms with E-state index in [1.165, 1.54) is 11.1 Å². The molecule has 3 aromatic rings. The fraction of sp³-hybridized carbons (Fsp3) is 0.385. The van der Waals surface area contributed by atoms with Crippen molar-refractivity contribution in [1.82, 2.24) is 14.5 Å². The number of methoxy groups -OCH3 is 1. The third-order valence-electron chi connectivity index (χ3n) is 6.82. The van der Waals surface area contributed by atoms with Crippen molar-refractivity contribution in [1.29, 1.82) is 0 Å². The number of piperazine rings is 1. The summed E-state index contributed by atoms with van der Waals surface area (Å²) in [6, 6.07) is 11.9. The molecule has 0 bridgehead atoms. The third kappa shape index (κ3) is 4.40. The Balaban J connectivity index is 1.48. The van der Waals surface area contributed by atoms with Gasteiger partial charge in [0.1, 0.15) is 5.75 Å². The summed E-state index contributed by atoms with van der Waals surface area (Å²) >= 11 is 0. The molecule has 0 spiro atoms. The van der Waals surface area contributed by atoms with Crippen LogP contribution in [0.5, 0.6) is 5.75 Å². The van der Waals surface area contributed by atoms with Crippen LogP contribution in [0.4, 0.5) is 5.82 Å². The monoisotopic (exact) mass is 480 g/mol. The van der Waals surface area contributed by atoms with Crippen LogP contribution in [0, 0.1) is 34.6 Å². The highest BCUT2D eigenvalue weighted by atomic mass is 32.2. The van der Waals surface area contributed by atoms with Crippen LogP contribution in [0.1, 0.15) is 27.8 Å². The molecule has 1 aromatic heterocycles. The Labute approximate surface area is 202 Å². The molecule has 0 saturated carbocycles. The van der Waals surface area contributed by atoms with Crippen LogP contribution < -0.4 is 9.64 Å².